The van der Waals surface area contributed by atoms with E-state index in [2.05, 4.69) is 144 Å². The number of hydrogen-bond acceptors (Lipinski definition) is 1. The average Bonchev–Trinajstić information content (AvgIpc) is 3.49. The largest absolute Gasteiger partial charge is 0.238 e. The summed E-state index contributed by atoms with van der Waals surface area (Å²) in [6.07, 6.45) is 0. The lowest BCUT2D eigenvalue weighted by Crippen LogP contribution is -1.93. The molecule has 0 atom stereocenters. The van der Waals surface area contributed by atoms with Crippen LogP contribution >= 0.6 is 0 Å². The molecule has 0 spiro atoms. The van der Waals surface area contributed by atoms with Crippen LogP contribution in [0.3, 0.4) is 0 Å². The van der Waals surface area contributed by atoms with Gasteiger partial charge in [0.1, 0.15) is 0 Å². The van der Waals surface area contributed by atoms with E-state index in [1.807, 2.05) is 18.2 Å². The minimum atomic E-state index is 0.466. The van der Waals surface area contributed by atoms with Gasteiger partial charge >= 0.3 is 0 Å². The van der Waals surface area contributed by atoms with Gasteiger partial charge in [-0.05, 0) is 113 Å². The van der Waals surface area contributed by atoms with E-state index in [-0.39, 0.29) is 0 Å². The summed E-state index contributed by atoms with van der Waals surface area (Å²) in [5.74, 6) is 0. The summed E-state index contributed by atoms with van der Waals surface area (Å²) < 4.78 is 0. The van der Waals surface area contributed by atoms with Crippen molar-refractivity contribution < 1.29 is 0 Å². The van der Waals surface area contributed by atoms with Crippen molar-refractivity contribution in [3.63, 3.8) is 0 Å². The molecule has 0 radical (unpaired) electrons. The van der Waals surface area contributed by atoms with Crippen LogP contribution in [-0.2, 0) is 0 Å². The topological polar surface area (TPSA) is 28.1 Å². The lowest BCUT2D eigenvalue weighted by atomic mass is 9.82. The van der Waals surface area contributed by atoms with Crippen LogP contribution in [0.2, 0.25) is 0 Å². The van der Waals surface area contributed by atoms with Gasteiger partial charge in [0, 0.05) is 5.56 Å². The first-order valence-electron chi connectivity index (χ1n) is 16.0. The fourth-order valence-corrected chi connectivity index (χ4v) is 7.63. The van der Waals surface area contributed by atoms with Crippen molar-refractivity contribution in [2.45, 2.75) is 0 Å². The molecule has 0 heterocycles. The third kappa shape index (κ3) is 4.18. The summed E-state index contributed by atoms with van der Waals surface area (Å²) >= 11 is 0. The highest BCUT2D eigenvalue weighted by molar-refractivity contribution is 6.28. The first-order chi connectivity index (χ1) is 23.7. The SMILES string of the molecule is [C-]#[N+]c1cc(C#N)cc(-c2cccc(-c3ccc4c5c(cccc35)-c3c-4c(-c4ccccc4)c4ccccc4c3-c3ccccc3)c2)c1. The van der Waals surface area contributed by atoms with Gasteiger partial charge in [-0.1, -0.05) is 133 Å². The predicted octanol–water partition coefficient (Wildman–Crippen LogP) is 12.7. The van der Waals surface area contributed by atoms with Gasteiger partial charge < -0.3 is 0 Å². The van der Waals surface area contributed by atoms with Crippen molar-refractivity contribution in [2.24, 2.45) is 0 Å². The van der Waals surface area contributed by atoms with E-state index in [9.17, 15) is 5.26 Å². The van der Waals surface area contributed by atoms with Gasteiger partial charge in [-0.25, -0.2) is 4.85 Å². The van der Waals surface area contributed by atoms with Gasteiger partial charge in [-0.15, -0.1) is 0 Å². The highest BCUT2D eigenvalue weighted by atomic mass is 14.6. The van der Waals surface area contributed by atoms with Crippen LogP contribution in [0, 0.1) is 17.9 Å². The summed E-state index contributed by atoms with van der Waals surface area (Å²) in [5, 5.41) is 14.6. The highest BCUT2D eigenvalue weighted by Crippen LogP contribution is 2.58. The van der Waals surface area contributed by atoms with E-state index >= 15 is 0 Å². The van der Waals surface area contributed by atoms with Crippen LogP contribution in [0.25, 0.3) is 93.2 Å². The first kappa shape index (κ1) is 27.6. The molecular formula is C46H26N2. The zero-order valence-corrected chi connectivity index (χ0v) is 25.9. The molecule has 0 N–H and O–H groups in total. The van der Waals surface area contributed by atoms with E-state index in [0.29, 0.717) is 11.3 Å². The fraction of sp³-hybridized carbons (Fsp3) is 0. The molecule has 0 saturated heterocycles. The molecule has 0 bridgehead atoms. The molecular weight excluding hydrogens is 581 g/mol. The van der Waals surface area contributed by atoms with Crippen molar-refractivity contribution in [3.05, 3.63) is 175 Å². The number of nitrogens with zero attached hydrogens (tertiary/aromatic N) is 2. The molecule has 0 unspecified atom stereocenters. The van der Waals surface area contributed by atoms with Crippen molar-refractivity contribution >= 4 is 27.2 Å². The summed E-state index contributed by atoms with van der Waals surface area (Å²) in [5.41, 5.74) is 15.1. The maximum absolute atomic E-state index is 9.61. The Kier molecular flexibility index (Phi) is 6.29. The Labute approximate surface area is 279 Å². The van der Waals surface area contributed by atoms with E-state index < -0.39 is 0 Å². The second-order valence-corrected chi connectivity index (χ2v) is 12.2. The minimum absolute atomic E-state index is 0.466. The van der Waals surface area contributed by atoms with Gasteiger partial charge in [-0.2, -0.15) is 5.26 Å². The molecule has 9 rings (SSSR count). The van der Waals surface area contributed by atoms with Crippen LogP contribution in [0.4, 0.5) is 5.69 Å². The maximum Gasteiger partial charge on any atom is 0.189 e. The Bertz CT molecular complexity index is 2550. The number of nitriles is 1. The molecule has 2 heteroatoms. The standard InChI is InChI=1S/C46H26N2/c1-48-35-25-29(28-47)24-34(27-35)32-16-10-17-33(26-32)36-22-23-41-44-37(36)20-11-21-40(44)45-42(30-12-4-2-5-13-30)38-18-8-9-19-39(38)43(46(41)45)31-14-6-3-7-15-31/h2-27H. The van der Waals surface area contributed by atoms with Gasteiger partial charge in [0.2, 0.25) is 0 Å². The summed E-state index contributed by atoms with van der Waals surface area (Å²) in [6, 6.07) is 57.7. The van der Waals surface area contributed by atoms with Crippen molar-refractivity contribution in [3.8, 4) is 72.8 Å². The van der Waals surface area contributed by atoms with Crippen LogP contribution in [0.1, 0.15) is 5.56 Å². The fourth-order valence-electron chi connectivity index (χ4n) is 7.63. The van der Waals surface area contributed by atoms with Gasteiger partial charge in [0.25, 0.3) is 0 Å². The summed E-state index contributed by atoms with van der Waals surface area (Å²) in [6.45, 7) is 7.55. The smallest absolute Gasteiger partial charge is 0.189 e. The van der Waals surface area contributed by atoms with E-state index in [1.165, 1.54) is 66.1 Å². The van der Waals surface area contributed by atoms with E-state index in [4.69, 9.17) is 6.57 Å². The highest BCUT2D eigenvalue weighted by Gasteiger charge is 2.31. The van der Waals surface area contributed by atoms with Gasteiger partial charge in [0.15, 0.2) is 5.69 Å². The van der Waals surface area contributed by atoms with Crippen molar-refractivity contribution in [1.82, 2.24) is 0 Å². The second kappa shape index (κ2) is 11.0. The number of hydrogen-bond donors (Lipinski definition) is 0. The Morgan fingerprint density at radius 3 is 1.60 bits per heavy atom. The molecule has 1 aliphatic carbocycles. The summed E-state index contributed by atoms with van der Waals surface area (Å²) in [4.78, 5) is 3.61. The molecule has 0 aliphatic heterocycles. The van der Waals surface area contributed by atoms with E-state index in [1.54, 1.807) is 6.07 Å². The summed E-state index contributed by atoms with van der Waals surface area (Å²) in [7, 11) is 0. The van der Waals surface area contributed by atoms with Crippen LogP contribution in [0.5, 0.6) is 0 Å². The number of fused-ring (bicyclic) bond motifs is 4. The Balaban J connectivity index is 1.34. The van der Waals surface area contributed by atoms with Crippen LogP contribution in [-0.4, -0.2) is 0 Å². The zero-order valence-electron chi connectivity index (χ0n) is 25.9. The Morgan fingerprint density at radius 1 is 0.417 bits per heavy atom. The lowest BCUT2D eigenvalue weighted by Gasteiger charge is -2.20. The molecule has 0 aromatic heterocycles. The van der Waals surface area contributed by atoms with E-state index in [0.717, 1.165) is 22.3 Å². The molecule has 48 heavy (non-hydrogen) atoms. The number of benzene rings is 8. The Hall–Kier alpha value is -6.74. The zero-order chi connectivity index (χ0) is 32.2. The van der Waals surface area contributed by atoms with Crippen LogP contribution < -0.4 is 0 Å². The molecule has 1 aliphatic rings. The molecule has 0 amide bonds. The predicted molar refractivity (Wildman–Crippen MR) is 199 cm³/mol. The second-order valence-electron chi connectivity index (χ2n) is 12.2. The molecule has 0 saturated carbocycles. The third-order valence-corrected chi connectivity index (χ3v) is 9.60. The Morgan fingerprint density at radius 2 is 0.958 bits per heavy atom. The quantitative estimate of drug-likeness (QED) is 0.183. The van der Waals surface area contributed by atoms with Gasteiger partial charge in [0.05, 0.1) is 12.6 Å². The van der Waals surface area contributed by atoms with Crippen LogP contribution in [0.15, 0.2) is 158 Å². The molecule has 220 valence electrons. The van der Waals surface area contributed by atoms with Crippen molar-refractivity contribution in [2.75, 3.05) is 0 Å². The monoisotopic (exact) mass is 606 g/mol. The molecule has 8 aromatic carbocycles. The van der Waals surface area contributed by atoms with Gasteiger partial charge in [-0.3, -0.25) is 0 Å². The lowest BCUT2D eigenvalue weighted by molar-refractivity contribution is 1.48. The molecule has 0 fully saturated rings. The minimum Gasteiger partial charge on any atom is -0.238 e. The number of rotatable bonds is 4. The van der Waals surface area contributed by atoms with Crippen molar-refractivity contribution in [1.29, 1.82) is 5.26 Å². The average molecular weight is 607 g/mol. The molecule has 2 nitrogen and oxygen atoms in total. The third-order valence-electron chi connectivity index (χ3n) is 9.60. The maximum atomic E-state index is 9.61. The first-order valence-corrected chi connectivity index (χ1v) is 16.0. The molecule has 8 aromatic rings. The normalized spacial score (nSPS) is 11.3.